The summed E-state index contributed by atoms with van der Waals surface area (Å²) in [7, 11) is 3.21. The van der Waals surface area contributed by atoms with Crippen molar-refractivity contribution in [2.45, 2.75) is 26.3 Å². The molecule has 3 rings (SSSR count). The molecule has 1 N–H and O–H groups in total. The summed E-state index contributed by atoms with van der Waals surface area (Å²) in [4.78, 5) is 25.1. The number of carbonyl (C=O) groups excluding carboxylic acids is 1. The summed E-state index contributed by atoms with van der Waals surface area (Å²) in [5, 5.41) is 8.04. The van der Waals surface area contributed by atoms with E-state index in [9.17, 15) is 9.59 Å². The number of aromatic nitrogens is 3. The average Bonchev–Trinajstić information content (AvgIpc) is 3.07. The molecule has 0 aliphatic heterocycles. The van der Waals surface area contributed by atoms with Gasteiger partial charge in [-0.05, 0) is 24.6 Å². The van der Waals surface area contributed by atoms with Gasteiger partial charge in [0.2, 0.25) is 5.91 Å². The lowest BCUT2D eigenvalue weighted by Crippen LogP contribution is -2.35. The second-order valence-corrected chi connectivity index (χ2v) is 6.19. The molecule has 1 aromatic carbocycles. The van der Waals surface area contributed by atoms with Gasteiger partial charge < -0.3 is 14.8 Å². The smallest absolute Gasteiger partial charge is 0.291 e. The molecule has 1 amide bonds. The van der Waals surface area contributed by atoms with Crippen LogP contribution in [0, 0.1) is 0 Å². The second kappa shape index (κ2) is 8.22. The van der Waals surface area contributed by atoms with E-state index in [0.717, 1.165) is 10.9 Å². The van der Waals surface area contributed by atoms with Gasteiger partial charge in [0.25, 0.3) is 5.56 Å². The van der Waals surface area contributed by atoms with Crippen LogP contribution in [0.4, 0.5) is 0 Å². The van der Waals surface area contributed by atoms with Crippen LogP contribution in [0.3, 0.4) is 0 Å². The summed E-state index contributed by atoms with van der Waals surface area (Å²) >= 11 is 0. The largest absolute Gasteiger partial charge is 0.496 e. The van der Waals surface area contributed by atoms with E-state index in [1.165, 1.54) is 4.68 Å². The highest BCUT2D eigenvalue weighted by atomic mass is 16.5. The quantitative estimate of drug-likeness (QED) is 0.604. The molecular weight excluding hydrogens is 348 g/mol. The van der Waals surface area contributed by atoms with Gasteiger partial charge in [0.15, 0.2) is 0 Å². The highest BCUT2D eigenvalue weighted by Gasteiger charge is 2.16. The first-order valence-corrected chi connectivity index (χ1v) is 8.94. The Kier molecular flexibility index (Phi) is 5.75. The molecule has 3 aromatic rings. The lowest BCUT2D eigenvalue weighted by atomic mass is 10.2. The third-order valence-electron chi connectivity index (χ3n) is 4.43. The number of aryl methyl sites for hydroxylation is 1. The van der Waals surface area contributed by atoms with E-state index in [0.29, 0.717) is 43.1 Å². The average molecular weight is 372 g/mol. The Morgan fingerprint density at radius 3 is 2.78 bits per heavy atom. The number of fused-ring (bicyclic) bond motifs is 3. The van der Waals surface area contributed by atoms with Crippen LogP contribution in [0.5, 0.6) is 5.75 Å². The molecule has 0 aliphatic rings. The Balaban J connectivity index is 2.01. The van der Waals surface area contributed by atoms with Crippen LogP contribution in [0.2, 0.25) is 0 Å². The normalized spacial score (nSPS) is 11.2. The van der Waals surface area contributed by atoms with Crippen molar-refractivity contribution in [3.05, 3.63) is 40.4 Å². The number of methoxy groups -OCH3 is 2. The van der Waals surface area contributed by atoms with Crippen LogP contribution < -0.4 is 15.6 Å². The Morgan fingerprint density at radius 1 is 1.26 bits per heavy atom. The molecule has 0 saturated heterocycles. The monoisotopic (exact) mass is 372 g/mol. The molecule has 27 heavy (non-hydrogen) atoms. The lowest BCUT2D eigenvalue weighted by Gasteiger charge is -2.10. The molecule has 8 heteroatoms. The minimum absolute atomic E-state index is 0.117. The van der Waals surface area contributed by atoms with E-state index in [1.807, 2.05) is 29.5 Å². The Hall–Kier alpha value is -2.87. The minimum Gasteiger partial charge on any atom is -0.496 e. The molecule has 0 saturated carbocycles. The minimum atomic E-state index is -0.308. The number of benzene rings is 1. The van der Waals surface area contributed by atoms with E-state index < -0.39 is 0 Å². The predicted molar refractivity (Wildman–Crippen MR) is 102 cm³/mol. The van der Waals surface area contributed by atoms with Crippen LogP contribution in [-0.2, 0) is 22.5 Å². The third-order valence-corrected chi connectivity index (χ3v) is 4.43. The summed E-state index contributed by atoms with van der Waals surface area (Å²) in [6.07, 6.45) is 1.33. The van der Waals surface area contributed by atoms with E-state index in [-0.39, 0.29) is 18.0 Å². The summed E-state index contributed by atoms with van der Waals surface area (Å²) in [5.41, 5.74) is 1.04. The van der Waals surface area contributed by atoms with Crippen LogP contribution in [0.25, 0.3) is 16.4 Å². The van der Waals surface area contributed by atoms with Crippen molar-refractivity contribution in [2.24, 2.45) is 0 Å². The zero-order valence-electron chi connectivity index (χ0n) is 15.8. The first-order chi connectivity index (χ1) is 13.1. The number of nitrogens with one attached hydrogen (secondary N) is 1. The number of rotatable bonds is 8. The lowest BCUT2D eigenvalue weighted by molar-refractivity contribution is -0.121. The van der Waals surface area contributed by atoms with Gasteiger partial charge in [0.1, 0.15) is 23.6 Å². The SMILES string of the molecule is CCc1nn(CC(=O)NCCCOC)c(=O)c2cc3c(OC)cccc3n12. The maximum atomic E-state index is 12.9. The highest BCUT2D eigenvalue weighted by molar-refractivity contribution is 5.92. The molecule has 144 valence electrons. The fourth-order valence-electron chi connectivity index (χ4n) is 3.15. The van der Waals surface area contributed by atoms with Crippen LogP contribution in [0.1, 0.15) is 19.2 Å². The zero-order chi connectivity index (χ0) is 19.4. The maximum Gasteiger partial charge on any atom is 0.291 e. The van der Waals surface area contributed by atoms with Crippen molar-refractivity contribution in [2.75, 3.05) is 27.4 Å². The van der Waals surface area contributed by atoms with Gasteiger partial charge in [0, 0.05) is 32.1 Å². The van der Waals surface area contributed by atoms with Gasteiger partial charge in [-0.1, -0.05) is 13.0 Å². The summed E-state index contributed by atoms with van der Waals surface area (Å²) in [6.45, 7) is 2.92. The molecule has 0 atom stereocenters. The van der Waals surface area contributed by atoms with Crippen molar-refractivity contribution in [1.82, 2.24) is 19.5 Å². The standard InChI is InChI=1S/C19H24N4O4/c1-4-17-21-22(12-18(24)20-9-6-10-26-2)19(25)15-11-13-14(23(15)17)7-5-8-16(13)27-3/h5,7-8,11H,4,6,9-10,12H2,1-3H3,(H,20,24). The number of hydrogen-bond donors (Lipinski definition) is 1. The molecule has 0 unspecified atom stereocenters. The number of carbonyl (C=O) groups is 1. The van der Waals surface area contributed by atoms with Crippen molar-refractivity contribution in [3.63, 3.8) is 0 Å². The Labute approximate surface area is 156 Å². The Morgan fingerprint density at radius 2 is 2.07 bits per heavy atom. The zero-order valence-corrected chi connectivity index (χ0v) is 15.8. The second-order valence-electron chi connectivity index (χ2n) is 6.19. The van der Waals surface area contributed by atoms with E-state index in [1.54, 1.807) is 20.3 Å². The van der Waals surface area contributed by atoms with Gasteiger partial charge in [0.05, 0.1) is 12.6 Å². The number of amides is 1. The molecule has 8 nitrogen and oxygen atoms in total. The van der Waals surface area contributed by atoms with E-state index >= 15 is 0 Å². The van der Waals surface area contributed by atoms with Gasteiger partial charge in [-0.2, -0.15) is 5.10 Å². The van der Waals surface area contributed by atoms with Gasteiger partial charge >= 0.3 is 0 Å². The molecule has 2 heterocycles. The first-order valence-electron chi connectivity index (χ1n) is 8.94. The maximum absolute atomic E-state index is 12.9. The summed E-state index contributed by atoms with van der Waals surface area (Å²) < 4.78 is 13.4. The topological polar surface area (TPSA) is 86.9 Å². The van der Waals surface area contributed by atoms with Gasteiger partial charge in [-0.25, -0.2) is 4.68 Å². The first kappa shape index (κ1) is 18.9. The fraction of sp³-hybridized carbons (Fsp3) is 0.421. The number of hydrogen-bond acceptors (Lipinski definition) is 5. The predicted octanol–water partition coefficient (Wildman–Crippen LogP) is 1.37. The molecule has 0 fully saturated rings. The summed E-state index contributed by atoms with van der Waals surface area (Å²) in [6, 6.07) is 7.46. The molecule has 0 spiro atoms. The van der Waals surface area contributed by atoms with Crippen LogP contribution in [0.15, 0.2) is 29.1 Å². The molecule has 0 bridgehead atoms. The van der Waals surface area contributed by atoms with Crippen LogP contribution in [-0.4, -0.2) is 47.5 Å². The van der Waals surface area contributed by atoms with Crippen molar-refractivity contribution >= 4 is 22.3 Å². The molecule has 0 radical (unpaired) electrons. The summed E-state index contributed by atoms with van der Waals surface area (Å²) in [5.74, 6) is 1.15. The molecular formula is C19H24N4O4. The fourth-order valence-corrected chi connectivity index (χ4v) is 3.15. The molecule has 2 aromatic heterocycles. The number of nitrogens with zero attached hydrogens (tertiary/aromatic N) is 3. The van der Waals surface area contributed by atoms with Crippen molar-refractivity contribution in [3.8, 4) is 5.75 Å². The van der Waals surface area contributed by atoms with Gasteiger partial charge in [-0.3, -0.25) is 14.0 Å². The van der Waals surface area contributed by atoms with E-state index in [2.05, 4.69) is 10.4 Å². The van der Waals surface area contributed by atoms with Crippen molar-refractivity contribution in [1.29, 1.82) is 0 Å². The molecule has 0 aliphatic carbocycles. The highest BCUT2D eigenvalue weighted by Crippen LogP contribution is 2.28. The van der Waals surface area contributed by atoms with E-state index in [4.69, 9.17) is 9.47 Å². The van der Waals surface area contributed by atoms with Crippen molar-refractivity contribution < 1.29 is 14.3 Å². The van der Waals surface area contributed by atoms with Gasteiger partial charge in [-0.15, -0.1) is 0 Å². The third kappa shape index (κ3) is 3.66. The number of ether oxygens (including phenoxy) is 2. The Bertz CT molecular complexity index is 1020. The van der Waals surface area contributed by atoms with Crippen LogP contribution >= 0.6 is 0 Å².